The van der Waals surface area contributed by atoms with E-state index in [-0.39, 0.29) is 23.9 Å². The third-order valence-electron chi connectivity index (χ3n) is 5.04. The maximum atomic E-state index is 12.9. The zero-order valence-corrected chi connectivity index (χ0v) is 14.6. The van der Waals surface area contributed by atoms with Crippen LogP contribution in [0.25, 0.3) is 0 Å². The zero-order chi connectivity index (χ0) is 17.3. The second-order valence-corrected chi connectivity index (χ2v) is 6.65. The fraction of sp³-hybridized carbons (Fsp3) is 0.556. The molecule has 6 heteroatoms. The Balaban J connectivity index is 1.72. The fourth-order valence-electron chi connectivity index (χ4n) is 3.73. The molecule has 0 radical (unpaired) electrons. The number of carbonyl (C=O) groups excluding carboxylic acids is 2. The number of anilines is 1. The molecule has 2 unspecified atom stereocenters. The molecule has 1 aromatic rings. The Labute approximate surface area is 143 Å². The van der Waals surface area contributed by atoms with E-state index in [1.54, 1.807) is 7.11 Å². The predicted molar refractivity (Wildman–Crippen MR) is 92.2 cm³/mol. The van der Waals surface area contributed by atoms with Crippen molar-refractivity contribution in [1.29, 1.82) is 0 Å². The minimum atomic E-state index is -0.00428. The molecule has 0 aliphatic carbocycles. The number of rotatable bonds is 5. The molecular formula is C18H25N3O3. The zero-order valence-electron chi connectivity index (χ0n) is 14.6. The molecule has 2 aliphatic rings. The minimum Gasteiger partial charge on any atom is -0.383 e. The van der Waals surface area contributed by atoms with Crippen molar-refractivity contribution in [2.45, 2.75) is 24.9 Å². The van der Waals surface area contributed by atoms with Gasteiger partial charge < -0.3 is 19.4 Å². The van der Waals surface area contributed by atoms with Crippen LogP contribution in [0.5, 0.6) is 0 Å². The maximum Gasteiger partial charge on any atom is 0.254 e. The molecule has 6 nitrogen and oxygen atoms in total. The topological polar surface area (TPSA) is 53.1 Å². The van der Waals surface area contributed by atoms with Crippen LogP contribution in [0.15, 0.2) is 24.3 Å². The van der Waals surface area contributed by atoms with Crippen molar-refractivity contribution in [1.82, 2.24) is 9.80 Å². The molecule has 130 valence electrons. The van der Waals surface area contributed by atoms with Gasteiger partial charge in [-0.25, -0.2) is 0 Å². The normalized spacial score (nSPS) is 22.9. The number of amides is 2. The molecule has 2 aliphatic heterocycles. The summed E-state index contributed by atoms with van der Waals surface area (Å²) in [7, 11) is 5.58. The number of nitrogens with zero attached hydrogens (tertiary/aromatic N) is 3. The van der Waals surface area contributed by atoms with Gasteiger partial charge >= 0.3 is 0 Å². The van der Waals surface area contributed by atoms with Gasteiger partial charge in [0.1, 0.15) is 0 Å². The smallest absolute Gasteiger partial charge is 0.254 e. The lowest BCUT2D eigenvalue weighted by Gasteiger charge is -2.25. The summed E-state index contributed by atoms with van der Waals surface area (Å²) in [5, 5.41) is 0. The number of ether oxygens (including phenoxy) is 1. The molecular weight excluding hydrogens is 306 g/mol. The first-order valence-electron chi connectivity index (χ1n) is 8.39. The van der Waals surface area contributed by atoms with Gasteiger partial charge in [-0.2, -0.15) is 0 Å². The Morgan fingerprint density at radius 3 is 2.58 bits per heavy atom. The molecule has 3 rings (SSSR count). The van der Waals surface area contributed by atoms with Crippen LogP contribution in [0.2, 0.25) is 0 Å². The molecule has 2 fully saturated rings. The van der Waals surface area contributed by atoms with Gasteiger partial charge in [0.05, 0.1) is 18.7 Å². The average Bonchev–Trinajstić information content (AvgIpc) is 3.11. The van der Waals surface area contributed by atoms with Gasteiger partial charge in [-0.05, 0) is 30.7 Å². The highest BCUT2D eigenvalue weighted by Crippen LogP contribution is 2.33. The van der Waals surface area contributed by atoms with E-state index in [2.05, 4.69) is 0 Å². The van der Waals surface area contributed by atoms with Crippen molar-refractivity contribution in [2.75, 3.05) is 45.8 Å². The fourth-order valence-corrected chi connectivity index (χ4v) is 3.73. The van der Waals surface area contributed by atoms with Gasteiger partial charge in [-0.3, -0.25) is 9.59 Å². The lowest BCUT2D eigenvalue weighted by atomic mass is 10.1. The Morgan fingerprint density at radius 2 is 1.96 bits per heavy atom. The third-order valence-corrected chi connectivity index (χ3v) is 5.04. The Kier molecular flexibility index (Phi) is 4.76. The quantitative estimate of drug-likeness (QED) is 0.814. The van der Waals surface area contributed by atoms with Gasteiger partial charge in [0, 0.05) is 52.0 Å². The number of likely N-dealkylation sites (tertiary alicyclic amines) is 2. The van der Waals surface area contributed by atoms with Crippen molar-refractivity contribution in [3.63, 3.8) is 0 Å². The van der Waals surface area contributed by atoms with E-state index in [1.807, 2.05) is 53.1 Å². The number of methoxy groups -OCH3 is 1. The molecule has 0 N–H and O–H groups in total. The molecule has 1 aromatic carbocycles. The lowest BCUT2D eigenvalue weighted by Crippen LogP contribution is -2.40. The second-order valence-electron chi connectivity index (χ2n) is 6.65. The van der Waals surface area contributed by atoms with E-state index in [0.717, 1.165) is 12.1 Å². The summed E-state index contributed by atoms with van der Waals surface area (Å²) in [6, 6.07) is 7.76. The SMILES string of the molecule is COCCN1C(=O)CC2C1CCN2C(=O)c1ccc(N(C)C)cc1. The van der Waals surface area contributed by atoms with Crippen molar-refractivity contribution in [3.8, 4) is 0 Å². The minimum absolute atomic E-state index is 0.00428. The van der Waals surface area contributed by atoms with Crippen molar-refractivity contribution in [3.05, 3.63) is 29.8 Å². The van der Waals surface area contributed by atoms with Crippen molar-refractivity contribution in [2.24, 2.45) is 0 Å². The summed E-state index contributed by atoms with van der Waals surface area (Å²) in [4.78, 5) is 30.9. The molecule has 2 saturated heterocycles. The van der Waals surface area contributed by atoms with E-state index >= 15 is 0 Å². The van der Waals surface area contributed by atoms with Crippen LogP contribution in [0.4, 0.5) is 5.69 Å². The number of hydrogen-bond acceptors (Lipinski definition) is 4. The van der Waals surface area contributed by atoms with E-state index in [4.69, 9.17) is 4.74 Å². The highest BCUT2D eigenvalue weighted by molar-refractivity contribution is 5.96. The first-order chi connectivity index (χ1) is 11.5. The van der Waals surface area contributed by atoms with Gasteiger partial charge in [0.15, 0.2) is 0 Å². The third kappa shape index (κ3) is 2.98. The lowest BCUT2D eigenvalue weighted by molar-refractivity contribution is -0.129. The largest absolute Gasteiger partial charge is 0.383 e. The van der Waals surface area contributed by atoms with E-state index in [9.17, 15) is 9.59 Å². The first-order valence-corrected chi connectivity index (χ1v) is 8.39. The molecule has 0 aromatic heterocycles. The van der Waals surface area contributed by atoms with Gasteiger partial charge in [-0.15, -0.1) is 0 Å². The number of hydrogen-bond donors (Lipinski definition) is 0. The van der Waals surface area contributed by atoms with Crippen LogP contribution in [0.1, 0.15) is 23.2 Å². The highest BCUT2D eigenvalue weighted by Gasteiger charge is 2.48. The maximum absolute atomic E-state index is 12.9. The standard InChI is InChI=1S/C18H25N3O3/c1-19(2)14-6-4-13(5-7-14)18(23)21-9-8-15-16(21)12-17(22)20(15)10-11-24-3/h4-7,15-16H,8-12H2,1-3H3. The molecule has 2 atom stereocenters. The summed E-state index contributed by atoms with van der Waals surface area (Å²) in [6.07, 6.45) is 1.28. The van der Waals surface area contributed by atoms with Crippen LogP contribution >= 0.6 is 0 Å². The van der Waals surface area contributed by atoms with Gasteiger partial charge in [0.2, 0.25) is 5.91 Å². The van der Waals surface area contributed by atoms with Gasteiger partial charge in [0.25, 0.3) is 5.91 Å². The Hall–Kier alpha value is -2.08. The average molecular weight is 331 g/mol. The molecule has 0 spiro atoms. The van der Waals surface area contributed by atoms with Crippen molar-refractivity contribution >= 4 is 17.5 Å². The monoisotopic (exact) mass is 331 g/mol. The summed E-state index contributed by atoms with van der Waals surface area (Å²) < 4.78 is 5.10. The van der Waals surface area contributed by atoms with Crippen LogP contribution < -0.4 is 4.90 Å². The van der Waals surface area contributed by atoms with Crippen molar-refractivity contribution < 1.29 is 14.3 Å². The van der Waals surface area contributed by atoms with Crippen LogP contribution in [-0.4, -0.2) is 74.6 Å². The van der Waals surface area contributed by atoms with E-state index < -0.39 is 0 Å². The van der Waals surface area contributed by atoms with E-state index in [0.29, 0.717) is 31.7 Å². The molecule has 0 bridgehead atoms. The van der Waals surface area contributed by atoms with Crippen LogP contribution in [0.3, 0.4) is 0 Å². The first kappa shape index (κ1) is 16.8. The van der Waals surface area contributed by atoms with Crippen LogP contribution in [0, 0.1) is 0 Å². The number of carbonyl (C=O) groups is 2. The molecule has 0 saturated carbocycles. The number of fused-ring (bicyclic) bond motifs is 1. The molecule has 2 amide bonds. The summed E-state index contributed by atoms with van der Waals surface area (Å²) in [5.41, 5.74) is 1.75. The Morgan fingerprint density at radius 1 is 1.25 bits per heavy atom. The summed E-state index contributed by atoms with van der Waals surface area (Å²) >= 11 is 0. The highest BCUT2D eigenvalue weighted by atomic mass is 16.5. The Bertz CT molecular complexity index is 614. The van der Waals surface area contributed by atoms with Gasteiger partial charge in [-0.1, -0.05) is 0 Å². The summed E-state index contributed by atoms with van der Waals surface area (Å²) in [6.45, 7) is 1.85. The molecule has 24 heavy (non-hydrogen) atoms. The summed E-state index contributed by atoms with van der Waals surface area (Å²) in [5.74, 6) is 0.150. The number of benzene rings is 1. The van der Waals surface area contributed by atoms with E-state index in [1.165, 1.54) is 0 Å². The predicted octanol–water partition coefficient (Wildman–Crippen LogP) is 1.21. The molecule has 2 heterocycles. The van der Waals surface area contributed by atoms with Crippen LogP contribution in [-0.2, 0) is 9.53 Å². The second kappa shape index (κ2) is 6.81.